The van der Waals surface area contributed by atoms with Crippen LogP contribution >= 0.6 is 0 Å². The molecule has 0 radical (unpaired) electrons. The van der Waals surface area contributed by atoms with E-state index in [1.165, 1.54) is 18.4 Å². The van der Waals surface area contributed by atoms with E-state index in [2.05, 4.69) is 35.1 Å². The van der Waals surface area contributed by atoms with Crippen LogP contribution in [0.3, 0.4) is 0 Å². The van der Waals surface area contributed by atoms with Gasteiger partial charge < -0.3 is 26.2 Å². The van der Waals surface area contributed by atoms with Crippen LogP contribution in [-0.2, 0) is 29.2 Å². The maximum absolute atomic E-state index is 14.4. The molecule has 13 nitrogen and oxygen atoms in total. The minimum atomic E-state index is -3.62. The molecule has 5 atom stereocenters. The van der Waals surface area contributed by atoms with Crippen molar-refractivity contribution in [2.24, 2.45) is 17.3 Å². The number of carbonyl (C=O) groups is 5. The van der Waals surface area contributed by atoms with Gasteiger partial charge in [0.25, 0.3) is 5.91 Å². The second-order valence-corrected chi connectivity index (χ2v) is 18.2. The number of hydrogen-bond donors (Lipinski definition) is 4. The molecule has 2 aliphatic heterocycles. The van der Waals surface area contributed by atoms with Crippen molar-refractivity contribution in [3.8, 4) is 0 Å². The summed E-state index contributed by atoms with van der Waals surface area (Å²) in [5.74, 6) is -2.43. The Morgan fingerprint density at radius 3 is 2.08 bits per heavy atom. The van der Waals surface area contributed by atoms with Gasteiger partial charge in [-0.2, -0.15) is 0 Å². The quantitative estimate of drug-likeness (QED) is 0.265. The van der Waals surface area contributed by atoms with E-state index < -0.39 is 57.3 Å². The monoisotopic (exact) mass is 722 g/mol. The molecule has 0 spiro atoms. The number of amides is 5. The van der Waals surface area contributed by atoms with Crippen molar-refractivity contribution in [2.45, 2.75) is 147 Å². The van der Waals surface area contributed by atoms with E-state index in [9.17, 15) is 32.4 Å². The second-order valence-electron chi connectivity index (χ2n) is 16.0. The lowest BCUT2D eigenvalue weighted by Gasteiger charge is -2.39. The third-order valence-electron chi connectivity index (χ3n) is 11.7. The summed E-state index contributed by atoms with van der Waals surface area (Å²) in [4.78, 5) is 69.9. The molecule has 4 aliphatic rings. The summed E-state index contributed by atoms with van der Waals surface area (Å²) in [6, 6.07) is -3.32. The van der Waals surface area contributed by atoms with Gasteiger partial charge in [-0.25, -0.2) is 17.5 Å². The predicted octanol–water partition coefficient (Wildman–Crippen LogP) is 3.23. The van der Waals surface area contributed by atoms with Crippen LogP contribution in [0.5, 0.6) is 0 Å². The molecule has 4 fully saturated rings. The highest BCUT2D eigenvalue weighted by Gasteiger charge is 2.69. The molecule has 2 saturated carbocycles. The summed E-state index contributed by atoms with van der Waals surface area (Å²) >= 11 is 0. The fraction of sp³-hybridized carbons (Fsp3) is 0.861. The van der Waals surface area contributed by atoms with E-state index >= 15 is 0 Å². The molecule has 284 valence electrons. The first-order valence-corrected chi connectivity index (χ1v) is 20.7. The van der Waals surface area contributed by atoms with E-state index in [4.69, 9.17) is 0 Å². The summed E-state index contributed by atoms with van der Waals surface area (Å²) < 4.78 is 27.1. The SMILES string of the molecule is CCCNC(=O)C(=O)[C@@H]1CCCCCCCCCC[C@H](NC(=O)NC2(CS(=O)(=O)N(C)C)CCCCC2)C(=O)N2C[C@H]3[C@@H]([C@H]2C(=O)N1)C3(C)C. The third-order valence-corrected chi connectivity index (χ3v) is 13.7. The number of ketones is 1. The van der Waals surface area contributed by atoms with Crippen molar-refractivity contribution in [2.75, 3.05) is 32.9 Å². The number of piperidine rings is 1. The number of nitrogens with zero attached hydrogens (tertiary/aromatic N) is 2. The Bertz CT molecular complexity index is 1350. The molecular weight excluding hydrogens is 660 g/mol. The highest BCUT2D eigenvalue weighted by Crippen LogP contribution is 2.65. The lowest BCUT2D eigenvalue weighted by Crippen LogP contribution is -2.62. The van der Waals surface area contributed by atoms with Crippen molar-refractivity contribution in [1.82, 2.24) is 30.5 Å². The van der Waals surface area contributed by atoms with E-state index in [-0.39, 0.29) is 28.9 Å². The van der Waals surface area contributed by atoms with Gasteiger partial charge in [0.1, 0.15) is 12.1 Å². The van der Waals surface area contributed by atoms with Crippen molar-refractivity contribution in [1.29, 1.82) is 0 Å². The molecular formula is C36H62N6O7S. The molecule has 0 aromatic heterocycles. The van der Waals surface area contributed by atoms with Crippen LogP contribution in [0.1, 0.15) is 124 Å². The zero-order chi connectivity index (χ0) is 36.7. The molecule has 2 aliphatic carbocycles. The number of fused-ring (bicyclic) bond motifs is 3. The molecule has 0 unspecified atom stereocenters. The van der Waals surface area contributed by atoms with E-state index in [0.717, 1.165) is 57.8 Å². The average Bonchev–Trinajstić information content (AvgIpc) is 3.36. The zero-order valence-electron chi connectivity index (χ0n) is 31.0. The minimum absolute atomic E-state index is 0.0889. The van der Waals surface area contributed by atoms with Gasteiger partial charge in [-0.05, 0) is 49.4 Å². The van der Waals surface area contributed by atoms with Gasteiger partial charge in [0.15, 0.2) is 0 Å². The normalized spacial score (nSPS) is 29.2. The van der Waals surface area contributed by atoms with Crippen molar-refractivity contribution in [3.05, 3.63) is 0 Å². The first-order valence-electron chi connectivity index (χ1n) is 19.1. The summed E-state index contributed by atoms with van der Waals surface area (Å²) in [6.45, 7) is 6.78. The molecule has 5 amide bonds. The van der Waals surface area contributed by atoms with Crippen molar-refractivity contribution in [3.63, 3.8) is 0 Å². The molecule has 2 heterocycles. The molecule has 0 aromatic rings. The van der Waals surface area contributed by atoms with Gasteiger partial charge in [0.2, 0.25) is 27.6 Å². The predicted molar refractivity (Wildman–Crippen MR) is 191 cm³/mol. The Morgan fingerprint density at radius 1 is 0.900 bits per heavy atom. The Kier molecular flexibility index (Phi) is 13.8. The summed E-state index contributed by atoms with van der Waals surface area (Å²) in [5.41, 5.74) is -1.13. The molecule has 50 heavy (non-hydrogen) atoms. The number of hydrogen-bond acceptors (Lipinski definition) is 7. The van der Waals surface area contributed by atoms with E-state index in [0.29, 0.717) is 58.0 Å². The van der Waals surface area contributed by atoms with Crippen LogP contribution < -0.4 is 21.3 Å². The van der Waals surface area contributed by atoms with Gasteiger partial charge >= 0.3 is 6.03 Å². The van der Waals surface area contributed by atoms with E-state index in [1.807, 2.05) is 6.92 Å². The highest BCUT2D eigenvalue weighted by atomic mass is 32.2. The second kappa shape index (κ2) is 17.2. The molecule has 4 rings (SSSR count). The largest absolute Gasteiger partial charge is 0.349 e. The lowest BCUT2D eigenvalue weighted by molar-refractivity contribution is -0.144. The molecule has 14 heteroatoms. The molecule has 0 bridgehead atoms. The van der Waals surface area contributed by atoms with Crippen LogP contribution in [0.2, 0.25) is 0 Å². The number of Topliss-reactive ketones (excluding diaryl/α,β-unsaturated/α-hetero) is 1. The number of urea groups is 1. The van der Waals surface area contributed by atoms with Crippen LogP contribution in [0, 0.1) is 17.3 Å². The Balaban J connectivity index is 1.58. The summed E-state index contributed by atoms with van der Waals surface area (Å²) in [6.07, 6.45) is 12.2. The standard InChI is InChI=1S/C36H62N6O7S/c1-6-22-37-32(45)30(43)26-18-14-11-9-7-8-10-12-15-19-27(33(46)42-23-25-28(35(25,2)3)29(42)31(44)38-26)39-34(47)40-36(20-16-13-17-21-36)24-50(48,49)41(4)5/h25-29H,6-24H2,1-5H3,(H,37,45)(H,38,44)(H2,39,40,47)/t25-,26-,27-,28-,29-/m0/s1. The third kappa shape index (κ3) is 9.77. The lowest BCUT2D eigenvalue weighted by atomic mass is 9.83. The summed E-state index contributed by atoms with van der Waals surface area (Å²) in [7, 11) is -0.646. The fourth-order valence-electron chi connectivity index (χ4n) is 8.49. The topological polar surface area (TPSA) is 174 Å². The molecule has 4 N–H and O–H groups in total. The van der Waals surface area contributed by atoms with E-state index in [1.54, 1.807) is 4.90 Å². The Labute approximate surface area is 299 Å². The molecule has 0 aromatic carbocycles. The van der Waals surface area contributed by atoms with Crippen LogP contribution in [0.25, 0.3) is 0 Å². The van der Waals surface area contributed by atoms with Gasteiger partial charge in [-0.3, -0.25) is 19.2 Å². The minimum Gasteiger partial charge on any atom is -0.349 e. The summed E-state index contributed by atoms with van der Waals surface area (Å²) in [5, 5.41) is 11.5. The van der Waals surface area contributed by atoms with Gasteiger partial charge in [-0.15, -0.1) is 0 Å². The number of rotatable bonds is 9. The smallest absolute Gasteiger partial charge is 0.315 e. The Morgan fingerprint density at radius 2 is 1.48 bits per heavy atom. The van der Waals surface area contributed by atoms with Gasteiger partial charge in [0, 0.05) is 27.2 Å². The first-order chi connectivity index (χ1) is 23.6. The van der Waals surface area contributed by atoms with Crippen LogP contribution in [0.4, 0.5) is 4.79 Å². The van der Waals surface area contributed by atoms with Gasteiger partial charge in [-0.1, -0.05) is 91.4 Å². The fourth-order valence-corrected chi connectivity index (χ4v) is 9.80. The van der Waals surface area contributed by atoms with Crippen molar-refractivity contribution >= 4 is 39.6 Å². The Hall–Kier alpha value is -2.74. The number of nitrogens with one attached hydrogen (secondary N) is 4. The maximum Gasteiger partial charge on any atom is 0.315 e. The van der Waals surface area contributed by atoms with Crippen LogP contribution in [-0.4, -0.2) is 104 Å². The van der Waals surface area contributed by atoms with Crippen molar-refractivity contribution < 1.29 is 32.4 Å². The maximum atomic E-state index is 14.4. The zero-order valence-corrected chi connectivity index (χ0v) is 31.8. The number of carbonyl (C=O) groups excluding carboxylic acids is 5. The molecule has 2 saturated heterocycles. The number of sulfonamides is 1. The average molecular weight is 723 g/mol. The highest BCUT2D eigenvalue weighted by molar-refractivity contribution is 7.89. The van der Waals surface area contributed by atoms with Gasteiger partial charge in [0.05, 0.1) is 17.3 Å². The van der Waals surface area contributed by atoms with Crippen LogP contribution in [0.15, 0.2) is 0 Å². The first kappa shape index (κ1) is 40.0.